The lowest BCUT2D eigenvalue weighted by Gasteiger charge is -2.43. The summed E-state index contributed by atoms with van der Waals surface area (Å²) in [6.07, 6.45) is 5.04. The summed E-state index contributed by atoms with van der Waals surface area (Å²) in [5.74, 6) is 1.21. The number of benzene rings is 2. The van der Waals surface area contributed by atoms with E-state index in [9.17, 15) is 8.42 Å². The van der Waals surface area contributed by atoms with Crippen molar-refractivity contribution < 1.29 is 13.2 Å². The van der Waals surface area contributed by atoms with E-state index in [2.05, 4.69) is 53.4 Å². The second kappa shape index (κ2) is 11.7. The van der Waals surface area contributed by atoms with E-state index in [1.807, 2.05) is 12.1 Å². The Labute approximate surface area is 230 Å². The molecule has 0 spiro atoms. The number of piperazine rings is 1. The van der Waals surface area contributed by atoms with Crippen LogP contribution in [0.3, 0.4) is 0 Å². The highest BCUT2D eigenvalue weighted by molar-refractivity contribution is 7.90. The van der Waals surface area contributed by atoms with Crippen molar-refractivity contribution in [1.82, 2.24) is 24.8 Å². The van der Waals surface area contributed by atoms with E-state index >= 15 is 0 Å². The molecule has 39 heavy (non-hydrogen) atoms. The highest BCUT2D eigenvalue weighted by Gasteiger charge is 2.27. The number of aromatic nitrogens is 3. The van der Waals surface area contributed by atoms with Crippen LogP contribution in [0.1, 0.15) is 12.8 Å². The Bertz CT molecular complexity index is 1390. The Morgan fingerprint density at radius 1 is 0.897 bits per heavy atom. The van der Waals surface area contributed by atoms with Crippen LogP contribution in [0.5, 0.6) is 5.75 Å². The average Bonchev–Trinajstić information content (AvgIpc) is 2.94. The fraction of sp³-hybridized carbons (Fsp3) is 0.444. The summed E-state index contributed by atoms with van der Waals surface area (Å²) in [6.45, 7) is 6.48. The van der Waals surface area contributed by atoms with E-state index in [4.69, 9.17) is 4.74 Å². The van der Waals surface area contributed by atoms with Crippen LogP contribution in [0.15, 0.2) is 53.7 Å². The molecule has 0 amide bonds. The third kappa shape index (κ3) is 6.57. The predicted octanol–water partition coefficient (Wildman–Crippen LogP) is 2.99. The van der Waals surface area contributed by atoms with E-state index in [1.165, 1.54) is 38.5 Å². The number of ether oxygens (including phenoxy) is 1. The number of likely N-dealkylation sites (tertiary alicyclic amines) is 1. The van der Waals surface area contributed by atoms with E-state index < -0.39 is 9.84 Å². The molecule has 2 aliphatic heterocycles. The third-order valence-corrected chi connectivity index (χ3v) is 8.58. The smallest absolute Gasteiger partial charge is 0.232 e. The molecule has 2 saturated heterocycles. The van der Waals surface area contributed by atoms with Crippen molar-refractivity contribution in [3.8, 4) is 5.75 Å². The Morgan fingerprint density at radius 3 is 2.23 bits per heavy atom. The zero-order valence-electron chi connectivity index (χ0n) is 22.7. The maximum Gasteiger partial charge on any atom is 0.232 e. The van der Waals surface area contributed by atoms with E-state index in [-0.39, 0.29) is 10.8 Å². The molecule has 0 aliphatic carbocycles. The lowest BCUT2D eigenvalue weighted by atomic mass is 10.0. The van der Waals surface area contributed by atoms with Gasteiger partial charge in [-0.15, -0.1) is 0 Å². The van der Waals surface area contributed by atoms with Crippen molar-refractivity contribution in [2.75, 3.05) is 75.2 Å². The number of anilines is 5. The van der Waals surface area contributed by atoms with Gasteiger partial charge in [-0.1, -0.05) is 12.1 Å². The molecule has 208 valence electrons. The van der Waals surface area contributed by atoms with Gasteiger partial charge in [0.2, 0.25) is 11.9 Å². The monoisotopic (exact) mass is 552 g/mol. The van der Waals surface area contributed by atoms with Crippen LogP contribution in [0.25, 0.3) is 0 Å². The molecule has 2 fully saturated rings. The average molecular weight is 553 g/mol. The van der Waals surface area contributed by atoms with Crippen molar-refractivity contribution in [2.45, 2.75) is 23.8 Å². The van der Waals surface area contributed by atoms with Gasteiger partial charge in [-0.25, -0.2) is 18.4 Å². The van der Waals surface area contributed by atoms with Gasteiger partial charge >= 0.3 is 0 Å². The minimum atomic E-state index is -3.42. The molecule has 1 aromatic heterocycles. The number of sulfone groups is 1. The van der Waals surface area contributed by atoms with Gasteiger partial charge in [0, 0.05) is 50.2 Å². The molecule has 3 aromatic rings. The highest BCUT2D eigenvalue weighted by atomic mass is 32.2. The fourth-order valence-electron chi connectivity index (χ4n) is 5.24. The SMILES string of the molecule is COc1cc(N2CCN(C3CCN(C)CC3)CC2)ccc1Nc1ncnc(Nc2ccccc2S(C)(=O)=O)n1. The first-order valence-corrected chi connectivity index (χ1v) is 15.1. The number of nitrogens with one attached hydrogen (secondary N) is 2. The molecular weight excluding hydrogens is 516 g/mol. The number of rotatable bonds is 8. The van der Waals surface area contributed by atoms with Gasteiger partial charge < -0.3 is 25.2 Å². The summed E-state index contributed by atoms with van der Waals surface area (Å²) >= 11 is 0. The van der Waals surface area contributed by atoms with Crippen LogP contribution in [0.4, 0.5) is 29.0 Å². The number of hydrogen-bond acceptors (Lipinski definition) is 11. The van der Waals surface area contributed by atoms with Crippen LogP contribution in [-0.2, 0) is 9.84 Å². The van der Waals surface area contributed by atoms with Crippen LogP contribution in [-0.4, -0.2) is 98.9 Å². The zero-order valence-corrected chi connectivity index (χ0v) is 23.5. The molecule has 5 rings (SSSR count). The van der Waals surface area contributed by atoms with Crippen LogP contribution in [0.2, 0.25) is 0 Å². The van der Waals surface area contributed by atoms with Gasteiger partial charge in [-0.05, 0) is 57.2 Å². The molecule has 11 nitrogen and oxygen atoms in total. The van der Waals surface area contributed by atoms with Crippen LogP contribution < -0.4 is 20.3 Å². The van der Waals surface area contributed by atoms with Gasteiger partial charge in [-0.2, -0.15) is 4.98 Å². The topological polar surface area (TPSA) is 116 Å². The zero-order chi connectivity index (χ0) is 27.4. The van der Waals surface area contributed by atoms with E-state index in [0.29, 0.717) is 23.4 Å². The second-order valence-electron chi connectivity index (χ2n) is 10.1. The molecular formula is C27H36N8O3S. The summed E-state index contributed by atoms with van der Waals surface area (Å²) in [5.41, 5.74) is 2.24. The van der Waals surface area contributed by atoms with Crippen molar-refractivity contribution in [3.63, 3.8) is 0 Å². The molecule has 0 radical (unpaired) electrons. The van der Waals surface area contributed by atoms with Crippen LogP contribution >= 0.6 is 0 Å². The Kier molecular flexibility index (Phi) is 8.15. The molecule has 3 heterocycles. The lowest BCUT2D eigenvalue weighted by Crippen LogP contribution is -2.53. The molecule has 12 heteroatoms. The molecule has 2 N–H and O–H groups in total. The first-order chi connectivity index (χ1) is 18.8. The third-order valence-electron chi connectivity index (χ3n) is 7.42. The summed E-state index contributed by atoms with van der Waals surface area (Å²) in [6, 6.07) is 13.4. The first-order valence-electron chi connectivity index (χ1n) is 13.2. The maximum atomic E-state index is 12.1. The summed E-state index contributed by atoms with van der Waals surface area (Å²) in [7, 11) is 0.430. The van der Waals surface area contributed by atoms with Crippen molar-refractivity contribution in [1.29, 1.82) is 0 Å². The normalized spacial score (nSPS) is 17.7. The van der Waals surface area contributed by atoms with Gasteiger partial charge in [0.05, 0.1) is 23.4 Å². The molecule has 0 bridgehead atoms. The first kappa shape index (κ1) is 27.1. The number of piperidine rings is 1. The summed E-state index contributed by atoms with van der Waals surface area (Å²) in [5, 5.41) is 6.19. The molecule has 2 aliphatic rings. The maximum absolute atomic E-state index is 12.1. The number of methoxy groups -OCH3 is 1. The fourth-order valence-corrected chi connectivity index (χ4v) is 6.08. The number of para-hydroxylation sites is 1. The summed E-state index contributed by atoms with van der Waals surface area (Å²) < 4.78 is 30.0. The van der Waals surface area contributed by atoms with E-state index in [0.717, 1.165) is 37.6 Å². The van der Waals surface area contributed by atoms with E-state index in [1.54, 1.807) is 31.4 Å². The van der Waals surface area contributed by atoms with Gasteiger partial charge in [0.15, 0.2) is 9.84 Å². The van der Waals surface area contributed by atoms with Gasteiger partial charge in [-0.3, -0.25) is 4.90 Å². The second-order valence-corrected chi connectivity index (χ2v) is 12.1. The van der Waals surface area contributed by atoms with Gasteiger partial charge in [0.25, 0.3) is 0 Å². The molecule has 0 unspecified atom stereocenters. The molecule has 0 saturated carbocycles. The van der Waals surface area contributed by atoms with Gasteiger partial charge in [0.1, 0.15) is 12.1 Å². The number of nitrogens with zero attached hydrogens (tertiary/aromatic N) is 6. The predicted molar refractivity (Wildman–Crippen MR) is 153 cm³/mol. The lowest BCUT2D eigenvalue weighted by molar-refractivity contribution is 0.115. The van der Waals surface area contributed by atoms with Crippen molar-refractivity contribution >= 4 is 38.8 Å². The van der Waals surface area contributed by atoms with Crippen LogP contribution in [0, 0.1) is 0 Å². The Balaban J connectivity index is 1.25. The minimum Gasteiger partial charge on any atom is -0.494 e. The van der Waals surface area contributed by atoms with Crippen molar-refractivity contribution in [3.05, 3.63) is 48.8 Å². The number of hydrogen-bond donors (Lipinski definition) is 2. The molecule has 2 aromatic carbocycles. The Morgan fingerprint density at radius 2 is 1.56 bits per heavy atom. The van der Waals surface area contributed by atoms with Crippen molar-refractivity contribution in [2.24, 2.45) is 0 Å². The standard InChI is InChI=1S/C27H36N8O3S/c1-33-12-10-20(11-13-33)34-14-16-35(17-15-34)21-8-9-22(24(18-21)38-2)30-26-28-19-29-27(32-26)31-23-6-4-5-7-25(23)39(3,36)37/h4-9,18-20H,10-17H2,1-3H3,(H2,28,29,30,31,32). The Hall–Kier alpha value is -3.48. The summed E-state index contributed by atoms with van der Waals surface area (Å²) in [4.78, 5) is 20.4. The minimum absolute atomic E-state index is 0.171. The highest BCUT2D eigenvalue weighted by Crippen LogP contribution is 2.32. The quantitative estimate of drug-likeness (QED) is 0.430. The largest absolute Gasteiger partial charge is 0.494 e. The molecule has 0 atom stereocenters.